The van der Waals surface area contributed by atoms with Crippen molar-refractivity contribution in [2.45, 2.75) is 235 Å². The normalized spacial score (nSPS) is 14.5. The molecule has 0 spiro atoms. The molecule has 1 aliphatic carbocycles. The molecule has 4 heteroatoms. The molecule has 3 nitrogen and oxygen atoms in total. The van der Waals surface area contributed by atoms with Gasteiger partial charge < -0.3 is 9.79 Å². The van der Waals surface area contributed by atoms with Crippen LogP contribution in [0.3, 0.4) is 0 Å². The lowest BCUT2D eigenvalue weighted by Gasteiger charge is -2.57. The van der Waals surface area contributed by atoms with Crippen LogP contribution in [0.1, 0.15) is 237 Å². The number of hydrogen-bond acceptors (Lipinski definition) is 3. The van der Waals surface area contributed by atoms with Gasteiger partial charge in [0.2, 0.25) is 0 Å². The lowest BCUT2D eigenvalue weighted by atomic mass is 9.51. The molecule has 0 unspecified atom stereocenters. The van der Waals surface area contributed by atoms with E-state index in [2.05, 4.69) is 98.7 Å². The fraction of sp³-hybridized carbons (Fsp3) is 0.774. The highest BCUT2D eigenvalue weighted by Crippen LogP contribution is 2.65. The topological polar surface area (TPSA) is 49.7 Å². The molecule has 2 aromatic carbocycles. The third-order valence-corrected chi connectivity index (χ3v) is 13.8. The Morgan fingerprint density at radius 2 is 0.930 bits per heavy atom. The molecule has 2 N–H and O–H groups in total. The lowest BCUT2D eigenvalue weighted by molar-refractivity contribution is -0.0988. The molecule has 0 saturated heterocycles. The van der Waals surface area contributed by atoms with Crippen LogP contribution in [0.2, 0.25) is 0 Å². The third kappa shape index (κ3) is 16.6. The highest BCUT2D eigenvalue weighted by molar-refractivity contribution is 7.39. The Kier molecular flexibility index (Phi) is 23.6. The zero-order valence-electron chi connectivity index (χ0n) is 38.9. The highest BCUT2D eigenvalue weighted by atomic mass is 31.2. The van der Waals surface area contributed by atoms with Crippen LogP contribution in [0, 0.1) is 29.1 Å². The van der Waals surface area contributed by atoms with E-state index in [-0.39, 0.29) is 5.41 Å². The summed E-state index contributed by atoms with van der Waals surface area (Å²) in [6.45, 7) is 21.0. The van der Waals surface area contributed by atoms with Crippen molar-refractivity contribution in [2.75, 3.05) is 0 Å². The standard InChI is InChI=1S/C53H91O3P/c1-10-11-37-52(38-24-39-52)53(56-57(54)55,50-35-33-46(29-20-12-16-25-42(2)3)40-48(50)31-22-14-18-27-44(6)7)51-36-34-47(30-21-13-17-26-43(4)5)41-49(51)32-23-15-19-28-45(8)9/h33-36,40-45,54-55H,10-32,37-39H2,1-9H3. The molecule has 1 saturated carbocycles. The van der Waals surface area contributed by atoms with E-state index in [1.54, 1.807) is 0 Å². The molecule has 0 aliphatic heterocycles. The van der Waals surface area contributed by atoms with Crippen molar-refractivity contribution < 1.29 is 14.3 Å². The molecule has 0 bridgehead atoms. The smallest absolute Gasteiger partial charge is 0.328 e. The van der Waals surface area contributed by atoms with Crippen molar-refractivity contribution in [3.63, 3.8) is 0 Å². The summed E-state index contributed by atoms with van der Waals surface area (Å²) >= 11 is 0. The number of benzene rings is 2. The quantitative estimate of drug-likeness (QED) is 0.0572. The van der Waals surface area contributed by atoms with Crippen LogP contribution in [-0.4, -0.2) is 9.79 Å². The molecule has 1 fully saturated rings. The highest BCUT2D eigenvalue weighted by Gasteiger charge is 2.59. The van der Waals surface area contributed by atoms with Gasteiger partial charge in [0.1, 0.15) is 5.60 Å². The largest absolute Gasteiger partial charge is 0.328 e. The molecule has 0 heterocycles. The predicted octanol–water partition coefficient (Wildman–Crippen LogP) is 16.6. The Hall–Kier alpha value is -1.25. The summed E-state index contributed by atoms with van der Waals surface area (Å²) in [7, 11) is -2.62. The van der Waals surface area contributed by atoms with Crippen molar-refractivity contribution in [1.29, 1.82) is 0 Å². The van der Waals surface area contributed by atoms with Gasteiger partial charge in [0.05, 0.1) is 0 Å². The van der Waals surface area contributed by atoms with Crippen molar-refractivity contribution in [2.24, 2.45) is 29.1 Å². The Morgan fingerprint density at radius 3 is 1.25 bits per heavy atom. The van der Waals surface area contributed by atoms with Crippen molar-refractivity contribution in [1.82, 2.24) is 0 Å². The van der Waals surface area contributed by atoms with Crippen LogP contribution in [-0.2, 0) is 35.8 Å². The second kappa shape index (κ2) is 26.9. The average molecular weight is 807 g/mol. The first kappa shape index (κ1) is 50.1. The number of aryl methyl sites for hydroxylation is 4. The van der Waals surface area contributed by atoms with E-state index in [4.69, 9.17) is 4.52 Å². The molecular formula is C53H91O3P. The molecule has 0 amide bonds. The van der Waals surface area contributed by atoms with E-state index >= 15 is 0 Å². The summed E-state index contributed by atoms with van der Waals surface area (Å²) in [5.41, 5.74) is 7.00. The Morgan fingerprint density at radius 1 is 0.544 bits per heavy atom. The first-order chi connectivity index (χ1) is 27.3. The summed E-state index contributed by atoms with van der Waals surface area (Å²) in [4.78, 5) is 22.4. The van der Waals surface area contributed by atoms with Crippen molar-refractivity contribution >= 4 is 8.60 Å². The maximum Gasteiger partial charge on any atom is 0.328 e. The molecular weight excluding hydrogens is 716 g/mol. The summed E-state index contributed by atoms with van der Waals surface area (Å²) < 4.78 is 7.04. The summed E-state index contributed by atoms with van der Waals surface area (Å²) in [5, 5.41) is 0. The Balaban J connectivity index is 2.21. The first-order valence-electron chi connectivity index (χ1n) is 24.4. The van der Waals surface area contributed by atoms with Gasteiger partial charge in [-0.05, 0) is 128 Å². The zero-order valence-corrected chi connectivity index (χ0v) is 39.8. The molecule has 0 atom stereocenters. The van der Waals surface area contributed by atoms with Crippen molar-refractivity contribution in [3.05, 3.63) is 69.8 Å². The van der Waals surface area contributed by atoms with Gasteiger partial charge in [-0.25, -0.2) is 0 Å². The van der Waals surface area contributed by atoms with E-state index in [9.17, 15) is 9.79 Å². The van der Waals surface area contributed by atoms with Gasteiger partial charge in [0.25, 0.3) is 0 Å². The van der Waals surface area contributed by atoms with Gasteiger partial charge >= 0.3 is 8.60 Å². The van der Waals surface area contributed by atoms with Gasteiger partial charge in [-0.3, -0.25) is 4.52 Å². The molecule has 1 aliphatic rings. The van der Waals surface area contributed by atoms with Crippen LogP contribution in [0.5, 0.6) is 0 Å². The number of rotatable bonds is 32. The predicted molar refractivity (Wildman–Crippen MR) is 250 cm³/mol. The Bertz CT molecular complexity index is 1270. The van der Waals surface area contributed by atoms with E-state index in [0.29, 0.717) is 0 Å². The van der Waals surface area contributed by atoms with Gasteiger partial charge in [-0.2, -0.15) is 0 Å². The molecule has 2 aromatic rings. The van der Waals surface area contributed by atoms with Gasteiger partial charge in [-0.1, -0.05) is 195 Å². The molecule has 3 rings (SSSR count). The fourth-order valence-electron chi connectivity index (χ4n) is 9.84. The summed E-state index contributed by atoms with van der Waals surface area (Å²) in [6, 6.07) is 14.6. The third-order valence-electron chi connectivity index (χ3n) is 13.3. The summed E-state index contributed by atoms with van der Waals surface area (Å²) in [5.74, 6) is 3.00. The van der Waals surface area contributed by atoms with Crippen LogP contribution in [0.25, 0.3) is 0 Å². The van der Waals surface area contributed by atoms with E-state index in [1.165, 1.54) is 130 Å². The van der Waals surface area contributed by atoms with Crippen molar-refractivity contribution in [3.8, 4) is 0 Å². The average Bonchev–Trinajstić information content (AvgIpc) is 3.13. The van der Waals surface area contributed by atoms with Gasteiger partial charge in [0.15, 0.2) is 0 Å². The minimum Gasteiger partial charge on any atom is -0.328 e. The van der Waals surface area contributed by atoms with E-state index in [0.717, 1.165) is 94.3 Å². The Labute approximate surface area is 355 Å². The second-order valence-electron chi connectivity index (χ2n) is 20.2. The van der Waals surface area contributed by atoms with Gasteiger partial charge in [0, 0.05) is 5.41 Å². The number of unbranched alkanes of at least 4 members (excludes halogenated alkanes) is 9. The SMILES string of the molecule is CCCCC1(C(OP(O)O)(c2ccc(CCCCCC(C)C)cc2CCCCCC(C)C)c2ccc(CCCCCC(C)C)cc2CCCCCC(C)C)CCC1. The monoisotopic (exact) mass is 807 g/mol. The zero-order chi connectivity index (χ0) is 41.7. The fourth-order valence-corrected chi connectivity index (χ4v) is 10.5. The minimum absolute atomic E-state index is 0.176. The molecule has 0 aromatic heterocycles. The minimum atomic E-state index is -2.62. The van der Waals surface area contributed by atoms with Crippen LogP contribution in [0.4, 0.5) is 0 Å². The molecule has 326 valence electrons. The van der Waals surface area contributed by atoms with Gasteiger partial charge in [-0.15, -0.1) is 0 Å². The van der Waals surface area contributed by atoms with Crippen LogP contribution < -0.4 is 0 Å². The maximum absolute atomic E-state index is 11.2. The lowest BCUT2D eigenvalue weighted by Crippen LogP contribution is -2.53. The molecule has 0 radical (unpaired) electrons. The molecule has 57 heavy (non-hydrogen) atoms. The van der Waals surface area contributed by atoms with Crippen LogP contribution >= 0.6 is 8.60 Å². The second-order valence-corrected chi connectivity index (χ2v) is 20.9. The van der Waals surface area contributed by atoms with E-state index < -0.39 is 14.2 Å². The van der Waals surface area contributed by atoms with E-state index in [1.807, 2.05) is 0 Å². The first-order valence-corrected chi connectivity index (χ1v) is 25.6. The number of hydrogen-bond donors (Lipinski definition) is 2. The summed E-state index contributed by atoms with van der Waals surface area (Å²) in [6.07, 6.45) is 30.9. The maximum atomic E-state index is 11.2. The van der Waals surface area contributed by atoms with Crippen LogP contribution in [0.15, 0.2) is 36.4 Å².